The number of aryl methyl sites for hydroxylation is 2. The first-order valence-corrected chi connectivity index (χ1v) is 9.98. The lowest BCUT2D eigenvalue weighted by Gasteiger charge is -2.20. The average molecular weight is 401 g/mol. The zero-order valence-electron chi connectivity index (χ0n) is 16.8. The minimum Gasteiger partial charge on any atom is -0.350 e. The van der Waals surface area contributed by atoms with E-state index in [1.807, 2.05) is 43.3 Å². The fourth-order valence-corrected chi connectivity index (χ4v) is 3.42. The van der Waals surface area contributed by atoms with E-state index in [4.69, 9.17) is 0 Å². The standard InChI is InChI=1S/C23H23N5O2/c1-16-4-6-17(7-5-16)13-25-21(29)15-28-12-2-3-20-19(23(28)30)14-26-22(27-20)18-8-10-24-11-9-18/h4-11,14H,2-3,12-13,15H2,1H3,(H,25,29). The van der Waals surface area contributed by atoms with E-state index in [2.05, 4.69) is 20.3 Å². The Balaban J connectivity index is 1.43. The number of hydrogen-bond donors (Lipinski definition) is 1. The van der Waals surface area contributed by atoms with Crippen LogP contribution in [0.5, 0.6) is 0 Å². The van der Waals surface area contributed by atoms with Gasteiger partial charge in [0.2, 0.25) is 5.91 Å². The Labute approximate surface area is 175 Å². The van der Waals surface area contributed by atoms with Crippen molar-refractivity contribution in [3.8, 4) is 11.4 Å². The Kier molecular flexibility index (Phi) is 5.79. The third-order valence-electron chi connectivity index (χ3n) is 5.11. The molecule has 152 valence electrons. The maximum atomic E-state index is 13.0. The summed E-state index contributed by atoms with van der Waals surface area (Å²) < 4.78 is 0. The Morgan fingerprint density at radius 3 is 2.67 bits per heavy atom. The van der Waals surface area contributed by atoms with Crippen molar-refractivity contribution in [2.45, 2.75) is 26.3 Å². The van der Waals surface area contributed by atoms with Gasteiger partial charge in [0, 0.05) is 37.2 Å². The molecule has 2 amide bonds. The molecule has 0 saturated carbocycles. The molecule has 0 radical (unpaired) electrons. The zero-order chi connectivity index (χ0) is 20.9. The second-order valence-corrected chi connectivity index (χ2v) is 7.38. The number of carbonyl (C=O) groups is 2. The van der Waals surface area contributed by atoms with E-state index in [0.717, 1.165) is 23.2 Å². The molecule has 0 atom stereocenters. The lowest BCUT2D eigenvalue weighted by Crippen LogP contribution is -2.40. The summed E-state index contributed by atoms with van der Waals surface area (Å²) in [6.45, 7) is 3.00. The van der Waals surface area contributed by atoms with Crippen LogP contribution < -0.4 is 5.32 Å². The number of benzene rings is 1. The van der Waals surface area contributed by atoms with Gasteiger partial charge in [0.15, 0.2) is 5.82 Å². The van der Waals surface area contributed by atoms with Gasteiger partial charge in [0.05, 0.1) is 17.8 Å². The highest BCUT2D eigenvalue weighted by molar-refractivity contribution is 5.97. The van der Waals surface area contributed by atoms with Crippen LogP contribution in [-0.4, -0.2) is 44.8 Å². The summed E-state index contributed by atoms with van der Waals surface area (Å²) in [4.78, 5) is 40.0. The largest absolute Gasteiger partial charge is 0.350 e. The number of fused-ring (bicyclic) bond motifs is 1. The molecule has 3 heterocycles. The van der Waals surface area contributed by atoms with Crippen LogP contribution in [0.2, 0.25) is 0 Å². The van der Waals surface area contributed by atoms with Crippen LogP contribution in [0.3, 0.4) is 0 Å². The SMILES string of the molecule is Cc1ccc(CNC(=O)CN2CCCc3nc(-c4ccncc4)ncc3C2=O)cc1. The molecule has 3 aromatic rings. The van der Waals surface area contributed by atoms with Crippen LogP contribution in [0.1, 0.15) is 33.6 Å². The summed E-state index contributed by atoms with van der Waals surface area (Å²) in [5, 5.41) is 2.89. The van der Waals surface area contributed by atoms with Crippen molar-refractivity contribution >= 4 is 11.8 Å². The summed E-state index contributed by atoms with van der Waals surface area (Å²) in [5.74, 6) is 0.198. The first-order valence-electron chi connectivity index (χ1n) is 9.98. The molecule has 2 aromatic heterocycles. The number of aromatic nitrogens is 3. The Hall–Kier alpha value is -3.61. The Bertz CT molecular complexity index is 1050. The van der Waals surface area contributed by atoms with Gasteiger partial charge in [-0.3, -0.25) is 14.6 Å². The molecule has 1 aliphatic rings. The molecular weight excluding hydrogens is 378 g/mol. The molecule has 0 spiro atoms. The normalized spacial score (nSPS) is 13.5. The summed E-state index contributed by atoms with van der Waals surface area (Å²) in [6, 6.07) is 11.7. The molecule has 30 heavy (non-hydrogen) atoms. The molecule has 1 N–H and O–H groups in total. The van der Waals surface area contributed by atoms with Gasteiger partial charge >= 0.3 is 0 Å². The van der Waals surface area contributed by atoms with Gasteiger partial charge in [-0.05, 0) is 37.5 Å². The number of hydrogen-bond acceptors (Lipinski definition) is 5. The summed E-state index contributed by atoms with van der Waals surface area (Å²) in [6.07, 6.45) is 6.36. The number of rotatable bonds is 5. The summed E-state index contributed by atoms with van der Waals surface area (Å²) >= 11 is 0. The van der Waals surface area contributed by atoms with E-state index in [9.17, 15) is 9.59 Å². The fraction of sp³-hybridized carbons (Fsp3) is 0.261. The second kappa shape index (κ2) is 8.82. The molecule has 0 saturated heterocycles. The number of nitrogens with one attached hydrogen (secondary N) is 1. The maximum absolute atomic E-state index is 13.0. The van der Waals surface area contributed by atoms with Crippen molar-refractivity contribution in [3.63, 3.8) is 0 Å². The molecular formula is C23H23N5O2. The van der Waals surface area contributed by atoms with Crippen LogP contribution in [0.15, 0.2) is 55.0 Å². The minimum atomic E-state index is -0.200. The number of amides is 2. The van der Waals surface area contributed by atoms with E-state index in [-0.39, 0.29) is 18.4 Å². The lowest BCUT2D eigenvalue weighted by atomic mass is 10.1. The predicted molar refractivity (Wildman–Crippen MR) is 113 cm³/mol. The second-order valence-electron chi connectivity index (χ2n) is 7.38. The van der Waals surface area contributed by atoms with Gasteiger partial charge in [-0.15, -0.1) is 0 Å². The molecule has 0 bridgehead atoms. The van der Waals surface area contributed by atoms with Gasteiger partial charge in [0.1, 0.15) is 0 Å². The molecule has 7 nitrogen and oxygen atoms in total. The van der Waals surface area contributed by atoms with Gasteiger partial charge in [-0.2, -0.15) is 0 Å². The zero-order valence-corrected chi connectivity index (χ0v) is 16.8. The molecule has 1 aromatic carbocycles. The highest BCUT2D eigenvalue weighted by Crippen LogP contribution is 2.20. The van der Waals surface area contributed by atoms with Gasteiger partial charge in [0.25, 0.3) is 5.91 Å². The quantitative estimate of drug-likeness (QED) is 0.710. The Morgan fingerprint density at radius 1 is 1.13 bits per heavy atom. The van der Waals surface area contributed by atoms with Crippen molar-refractivity contribution < 1.29 is 9.59 Å². The summed E-state index contributed by atoms with van der Waals surface area (Å²) in [5.41, 5.74) is 4.25. The van der Waals surface area contributed by atoms with Crippen molar-refractivity contribution in [1.82, 2.24) is 25.2 Å². The van der Waals surface area contributed by atoms with E-state index >= 15 is 0 Å². The highest BCUT2D eigenvalue weighted by Gasteiger charge is 2.26. The fourth-order valence-electron chi connectivity index (χ4n) is 3.42. The van der Waals surface area contributed by atoms with Crippen LogP contribution in [0.4, 0.5) is 0 Å². The van der Waals surface area contributed by atoms with Gasteiger partial charge in [-0.25, -0.2) is 9.97 Å². The molecule has 0 fully saturated rings. The first-order chi connectivity index (χ1) is 14.6. The molecule has 1 aliphatic heterocycles. The number of carbonyl (C=O) groups excluding carboxylic acids is 2. The van der Waals surface area contributed by atoms with Gasteiger partial charge in [-0.1, -0.05) is 29.8 Å². The number of nitrogens with zero attached hydrogens (tertiary/aromatic N) is 4. The van der Waals surface area contributed by atoms with Crippen molar-refractivity contribution in [2.24, 2.45) is 0 Å². The van der Waals surface area contributed by atoms with E-state index < -0.39 is 0 Å². The van der Waals surface area contributed by atoms with Crippen LogP contribution >= 0.6 is 0 Å². The van der Waals surface area contributed by atoms with Crippen molar-refractivity contribution in [1.29, 1.82) is 0 Å². The lowest BCUT2D eigenvalue weighted by molar-refractivity contribution is -0.122. The molecule has 0 unspecified atom stereocenters. The van der Waals surface area contributed by atoms with Gasteiger partial charge < -0.3 is 10.2 Å². The van der Waals surface area contributed by atoms with Crippen molar-refractivity contribution in [2.75, 3.05) is 13.1 Å². The average Bonchev–Trinajstić information content (AvgIpc) is 2.92. The smallest absolute Gasteiger partial charge is 0.257 e. The van der Waals surface area contributed by atoms with E-state index in [1.54, 1.807) is 23.5 Å². The Morgan fingerprint density at radius 2 is 1.90 bits per heavy atom. The third kappa shape index (κ3) is 4.51. The third-order valence-corrected chi connectivity index (χ3v) is 5.11. The predicted octanol–water partition coefficient (Wildman–Crippen LogP) is 2.55. The van der Waals surface area contributed by atoms with E-state index in [0.29, 0.717) is 30.9 Å². The highest BCUT2D eigenvalue weighted by atomic mass is 16.2. The first kappa shape index (κ1) is 19.7. The minimum absolute atomic E-state index is 0.0240. The van der Waals surface area contributed by atoms with Crippen molar-refractivity contribution in [3.05, 3.63) is 77.4 Å². The van der Waals surface area contributed by atoms with E-state index in [1.165, 1.54) is 5.56 Å². The maximum Gasteiger partial charge on any atom is 0.257 e. The molecule has 7 heteroatoms. The summed E-state index contributed by atoms with van der Waals surface area (Å²) in [7, 11) is 0. The van der Waals surface area contributed by atoms with Crippen LogP contribution in [0, 0.1) is 6.92 Å². The van der Waals surface area contributed by atoms with Crippen LogP contribution in [0.25, 0.3) is 11.4 Å². The number of pyridine rings is 1. The molecule has 0 aliphatic carbocycles. The monoisotopic (exact) mass is 401 g/mol. The molecule has 4 rings (SSSR count). The van der Waals surface area contributed by atoms with Crippen LogP contribution in [-0.2, 0) is 17.8 Å². The topological polar surface area (TPSA) is 88.1 Å².